The number of amides is 1. The van der Waals surface area contributed by atoms with Crippen LogP contribution in [0, 0.1) is 12.8 Å². The van der Waals surface area contributed by atoms with E-state index in [1.165, 1.54) is 11.3 Å². The van der Waals surface area contributed by atoms with Crippen LogP contribution in [-0.2, 0) is 4.74 Å². The van der Waals surface area contributed by atoms with Crippen LogP contribution in [0.5, 0.6) is 0 Å². The second kappa shape index (κ2) is 6.65. The molecule has 2 N–H and O–H groups in total. The van der Waals surface area contributed by atoms with Crippen molar-refractivity contribution in [2.45, 2.75) is 32.8 Å². The molecule has 1 aliphatic heterocycles. The molecule has 0 aromatic carbocycles. The predicted molar refractivity (Wildman–Crippen MR) is 80.0 cm³/mol. The molecule has 5 nitrogen and oxygen atoms in total. The lowest BCUT2D eigenvalue weighted by Crippen LogP contribution is -2.40. The van der Waals surface area contributed by atoms with Crippen molar-refractivity contribution in [3.63, 3.8) is 0 Å². The molecule has 112 valence electrons. The van der Waals surface area contributed by atoms with Crippen molar-refractivity contribution >= 4 is 17.2 Å². The fraction of sp³-hybridized carbons (Fsp3) is 0.714. The lowest BCUT2D eigenvalue weighted by atomic mass is 9.97. The SMILES string of the molecule is CO[C@@H](C)c1nc(C)c(C(=O)N2CCC(CN)CC2)s1. The Morgan fingerprint density at radius 2 is 2.20 bits per heavy atom. The molecule has 1 atom stereocenters. The van der Waals surface area contributed by atoms with Crippen LogP contribution in [-0.4, -0.2) is 42.5 Å². The van der Waals surface area contributed by atoms with Crippen molar-refractivity contribution in [2.24, 2.45) is 11.7 Å². The minimum absolute atomic E-state index is 0.0665. The molecule has 1 aliphatic rings. The highest BCUT2D eigenvalue weighted by Gasteiger charge is 2.26. The third-order valence-corrected chi connectivity index (χ3v) is 5.25. The van der Waals surface area contributed by atoms with Gasteiger partial charge in [-0.15, -0.1) is 11.3 Å². The Morgan fingerprint density at radius 1 is 1.55 bits per heavy atom. The summed E-state index contributed by atoms with van der Waals surface area (Å²) in [5, 5.41) is 0.866. The lowest BCUT2D eigenvalue weighted by Gasteiger charge is -2.31. The molecule has 2 heterocycles. The van der Waals surface area contributed by atoms with E-state index in [2.05, 4.69) is 4.98 Å². The summed E-state index contributed by atoms with van der Waals surface area (Å²) in [5.74, 6) is 0.663. The van der Waals surface area contributed by atoms with E-state index in [0.717, 1.165) is 48.1 Å². The molecular formula is C14H23N3O2S. The molecule has 0 spiro atoms. The molecule has 0 radical (unpaired) electrons. The standard InChI is InChI=1S/C14H23N3O2S/c1-9-12(20-13(16-9)10(2)19-3)14(18)17-6-4-11(8-15)5-7-17/h10-11H,4-8,15H2,1-3H3/t10-/m0/s1. The first kappa shape index (κ1) is 15.4. The van der Waals surface area contributed by atoms with Gasteiger partial charge in [-0.1, -0.05) is 0 Å². The zero-order valence-electron chi connectivity index (χ0n) is 12.4. The van der Waals surface area contributed by atoms with Crippen LogP contribution in [0.2, 0.25) is 0 Å². The van der Waals surface area contributed by atoms with Gasteiger partial charge in [-0.3, -0.25) is 4.79 Å². The molecule has 1 saturated heterocycles. The van der Waals surface area contributed by atoms with Gasteiger partial charge in [-0.2, -0.15) is 0 Å². The number of nitrogens with two attached hydrogens (primary N) is 1. The van der Waals surface area contributed by atoms with Crippen LogP contribution < -0.4 is 5.73 Å². The molecular weight excluding hydrogens is 274 g/mol. The minimum Gasteiger partial charge on any atom is -0.375 e. The minimum atomic E-state index is -0.0665. The van der Waals surface area contributed by atoms with Gasteiger partial charge in [-0.25, -0.2) is 4.98 Å². The predicted octanol–water partition coefficient (Wildman–Crippen LogP) is 1.97. The Bertz CT molecular complexity index is 467. The number of likely N-dealkylation sites (tertiary alicyclic amines) is 1. The number of rotatable bonds is 4. The van der Waals surface area contributed by atoms with Crippen LogP contribution in [0.3, 0.4) is 0 Å². The molecule has 0 unspecified atom stereocenters. The number of hydrogen-bond acceptors (Lipinski definition) is 5. The first-order valence-electron chi connectivity index (χ1n) is 7.06. The Balaban J connectivity index is 2.08. The summed E-state index contributed by atoms with van der Waals surface area (Å²) in [6, 6.07) is 0. The number of aromatic nitrogens is 1. The van der Waals surface area contributed by atoms with Gasteiger partial charge in [0.2, 0.25) is 0 Å². The first-order chi connectivity index (χ1) is 9.56. The largest absolute Gasteiger partial charge is 0.375 e. The van der Waals surface area contributed by atoms with Crippen molar-refractivity contribution in [1.29, 1.82) is 0 Å². The third kappa shape index (κ3) is 3.19. The monoisotopic (exact) mass is 297 g/mol. The Labute approximate surface area is 124 Å². The van der Waals surface area contributed by atoms with Crippen molar-refractivity contribution in [2.75, 3.05) is 26.7 Å². The number of ether oxygens (including phenoxy) is 1. The van der Waals surface area contributed by atoms with Crippen LogP contribution in [0.15, 0.2) is 0 Å². The maximum absolute atomic E-state index is 12.6. The topological polar surface area (TPSA) is 68.5 Å². The normalized spacial score (nSPS) is 18.3. The van der Waals surface area contributed by atoms with Crippen molar-refractivity contribution < 1.29 is 9.53 Å². The number of thiazole rings is 1. The summed E-state index contributed by atoms with van der Waals surface area (Å²) in [4.78, 5) is 19.7. The fourth-order valence-electron chi connectivity index (χ4n) is 2.41. The number of carbonyl (C=O) groups is 1. The average molecular weight is 297 g/mol. The summed E-state index contributed by atoms with van der Waals surface area (Å²) >= 11 is 1.45. The summed E-state index contributed by atoms with van der Waals surface area (Å²) in [6.07, 6.45) is 1.94. The van der Waals surface area contributed by atoms with Gasteiger partial charge in [0.1, 0.15) is 16.0 Å². The number of methoxy groups -OCH3 is 1. The molecule has 20 heavy (non-hydrogen) atoms. The summed E-state index contributed by atoms with van der Waals surface area (Å²) in [5.41, 5.74) is 6.49. The van der Waals surface area contributed by atoms with Crippen molar-refractivity contribution in [1.82, 2.24) is 9.88 Å². The number of piperidine rings is 1. The maximum atomic E-state index is 12.6. The number of carbonyl (C=O) groups excluding carboxylic acids is 1. The number of aryl methyl sites for hydroxylation is 1. The number of hydrogen-bond donors (Lipinski definition) is 1. The van der Waals surface area contributed by atoms with Crippen LogP contribution in [0.25, 0.3) is 0 Å². The summed E-state index contributed by atoms with van der Waals surface area (Å²) in [7, 11) is 1.65. The maximum Gasteiger partial charge on any atom is 0.265 e. The Kier molecular flexibility index (Phi) is 5.12. The molecule has 1 aromatic heterocycles. The lowest BCUT2D eigenvalue weighted by molar-refractivity contribution is 0.0697. The van der Waals surface area contributed by atoms with Crippen molar-refractivity contribution in [3.05, 3.63) is 15.6 Å². The van der Waals surface area contributed by atoms with Gasteiger partial charge >= 0.3 is 0 Å². The highest BCUT2D eigenvalue weighted by Crippen LogP contribution is 2.27. The van der Waals surface area contributed by atoms with Gasteiger partial charge in [0.15, 0.2) is 0 Å². The zero-order valence-corrected chi connectivity index (χ0v) is 13.2. The van der Waals surface area contributed by atoms with Gasteiger partial charge in [0, 0.05) is 20.2 Å². The third-order valence-electron chi connectivity index (χ3n) is 3.94. The van der Waals surface area contributed by atoms with Gasteiger partial charge < -0.3 is 15.4 Å². The van der Waals surface area contributed by atoms with E-state index in [4.69, 9.17) is 10.5 Å². The molecule has 0 saturated carbocycles. The zero-order chi connectivity index (χ0) is 14.7. The molecule has 1 aromatic rings. The van der Waals surface area contributed by atoms with E-state index >= 15 is 0 Å². The van der Waals surface area contributed by atoms with Gasteiger partial charge in [-0.05, 0) is 39.2 Å². The highest BCUT2D eigenvalue weighted by molar-refractivity contribution is 7.13. The first-order valence-corrected chi connectivity index (χ1v) is 7.88. The summed E-state index contributed by atoms with van der Waals surface area (Å²) < 4.78 is 5.27. The Hall–Kier alpha value is -0.980. The van der Waals surface area contributed by atoms with E-state index in [9.17, 15) is 4.79 Å². The quantitative estimate of drug-likeness (QED) is 0.922. The second-order valence-corrected chi connectivity index (χ2v) is 6.35. The number of nitrogens with zero attached hydrogens (tertiary/aromatic N) is 2. The molecule has 1 fully saturated rings. The van der Waals surface area contributed by atoms with E-state index in [1.807, 2.05) is 18.7 Å². The van der Waals surface area contributed by atoms with E-state index in [0.29, 0.717) is 5.92 Å². The summed E-state index contributed by atoms with van der Waals surface area (Å²) in [6.45, 7) is 6.15. The molecule has 0 bridgehead atoms. The fourth-order valence-corrected chi connectivity index (χ4v) is 3.47. The molecule has 2 rings (SSSR count). The highest BCUT2D eigenvalue weighted by atomic mass is 32.1. The van der Waals surface area contributed by atoms with E-state index in [-0.39, 0.29) is 12.0 Å². The smallest absolute Gasteiger partial charge is 0.265 e. The van der Waals surface area contributed by atoms with Crippen molar-refractivity contribution in [3.8, 4) is 0 Å². The average Bonchev–Trinajstić information content (AvgIpc) is 2.87. The van der Waals surface area contributed by atoms with E-state index < -0.39 is 0 Å². The van der Waals surface area contributed by atoms with Crippen LogP contribution >= 0.6 is 11.3 Å². The second-order valence-electron chi connectivity index (χ2n) is 5.32. The van der Waals surface area contributed by atoms with Crippen LogP contribution in [0.1, 0.15) is 46.2 Å². The molecule has 1 amide bonds. The molecule has 6 heteroatoms. The Morgan fingerprint density at radius 3 is 2.75 bits per heavy atom. The van der Waals surface area contributed by atoms with Gasteiger partial charge in [0.05, 0.1) is 5.69 Å². The molecule has 0 aliphatic carbocycles. The van der Waals surface area contributed by atoms with Gasteiger partial charge in [0.25, 0.3) is 5.91 Å². The van der Waals surface area contributed by atoms with Crippen LogP contribution in [0.4, 0.5) is 0 Å². The van der Waals surface area contributed by atoms with E-state index in [1.54, 1.807) is 7.11 Å².